The Hall–Kier alpha value is -3.63. The molecule has 1 aliphatic heterocycles. The zero-order valence-corrected chi connectivity index (χ0v) is 19.5. The summed E-state index contributed by atoms with van der Waals surface area (Å²) in [5.41, 5.74) is -0.222. The molecule has 186 valence electrons. The van der Waals surface area contributed by atoms with Crippen LogP contribution in [0.2, 0.25) is 0 Å². The van der Waals surface area contributed by atoms with E-state index in [9.17, 15) is 29.1 Å². The summed E-state index contributed by atoms with van der Waals surface area (Å²) in [5.74, 6) is -4.45. The molecule has 2 amide bonds. The zero-order valence-electron chi connectivity index (χ0n) is 19.5. The van der Waals surface area contributed by atoms with Crippen LogP contribution in [0.5, 0.6) is 5.75 Å². The van der Waals surface area contributed by atoms with Gasteiger partial charge in [0, 0.05) is 6.92 Å². The van der Waals surface area contributed by atoms with Gasteiger partial charge in [0.05, 0.1) is 17.2 Å². The Morgan fingerprint density at radius 3 is 2.44 bits per heavy atom. The second-order valence-corrected chi connectivity index (χ2v) is 8.02. The van der Waals surface area contributed by atoms with Gasteiger partial charge in [0.15, 0.2) is 17.9 Å². The van der Waals surface area contributed by atoms with E-state index in [2.05, 4.69) is 10.6 Å². The lowest BCUT2D eigenvalue weighted by Gasteiger charge is -2.28. The number of carbonyl (C=O) groups excluding carboxylic acids is 5. The van der Waals surface area contributed by atoms with Gasteiger partial charge in [0.2, 0.25) is 6.41 Å². The van der Waals surface area contributed by atoms with Gasteiger partial charge in [0.25, 0.3) is 5.91 Å². The maximum absolute atomic E-state index is 13.0. The van der Waals surface area contributed by atoms with E-state index in [0.29, 0.717) is 19.3 Å². The Morgan fingerprint density at radius 2 is 1.82 bits per heavy atom. The molecule has 11 heteroatoms. The van der Waals surface area contributed by atoms with Crippen LogP contribution in [0.4, 0.5) is 5.69 Å². The Bertz CT molecular complexity index is 933. The number of ether oxygens (including phenoxy) is 3. The number of hydrogen-bond donors (Lipinski definition) is 3. The van der Waals surface area contributed by atoms with Crippen LogP contribution >= 0.6 is 0 Å². The predicted octanol–water partition coefficient (Wildman–Crippen LogP) is 1.67. The van der Waals surface area contributed by atoms with E-state index in [1.807, 2.05) is 6.92 Å². The number of cyclic esters (lactones) is 2. The molecule has 0 bridgehead atoms. The average Bonchev–Trinajstić information content (AvgIpc) is 2.79. The van der Waals surface area contributed by atoms with Crippen molar-refractivity contribution in [3.63, 3.8) is 0 Å². The molecule has 5 unspecified atom stereocenters. The number of anilines is 1. The monoisotopic (exact) mass is 478 g/mol. The quantitative estimate of drug-likeness (QED) is 0.219. The van der Waals surface area contributed by atoms with Gasteiger partial charge >= 0.3 is 17.9 Å². The molecule has 0 aromatic heterocycles. The minimum atomic E-state index is -1.41. The maximum atomic E-state index is 13.0. The summed E-state index contributed by atoms with van der Waals surface area (Å²) < 4.78 is 16.3. The highest BCUT2D eigenvalue weighted by atomic mass is 16.6. The van der Waals surface area contributed by atoms with Gasteiger partial charge in [0.1, 0.15) is 12.2 Å². The van der Waals surface area contributed by atoms with Gasteiger partial charge < -0.3 is 30.0 Å². The van der Waals surface area contributed by atoms with Crippen LogP contribution in [0, 0.1) is 5.92 Å². The summed E-state index contributed by atoms with van der Waals surface area (Å²) in [4.78, 5) is 61.1. The number of esters is 3. The molecule has 1 aliphatic rings. The third-order valence-corrected chi connectivity index (χ3v) is 5.44. The Balaban J connectivity index is 2.34. The first-order valence-electron chi connectivity index (χ1n) is 11.0. The van der Waals surface area contributed by atoms with E-state index in [1.165, 1.54) is 39.0 Å². The molecule has 0 aliphatic carbocycles. The van der Waals surface area contributed by atoms with Gasteiger partial charge in [-0.15, -0.1) is 0 Å². The van der Waals surface area contributed by atoms with Crippen LogP contribution in [0.15, 0.2) is 18.2 Å². The molecular formula is C23H30N2O9. The molecule has 0 radical (unpaired) electrons. The fraction of sp³-hybridized carbons (Fsp3) is 0.522. The predicted molar refractivity (Wildman–Crippen MR) is 119 cm³/mol. The molecule has 11 nitrogen and oxygen atoms in total. The van der Waals surface area contributed by atoms with Crippen molar-refractivity contribution in [2.24, 2.45) is 5.92 Å². The van der Waals surface area contributed by atoms with Gasteiger partial charge in [-0.3, -0.25) is 19.2 Å². The van der Waals surface area contributed by atoms with E-state index < -0.39 is 59.8 Å². The number of hydrogen-bond acceptors (Lipinski definition) is 9. The second kappa shape index (κ2) is 12.0. The zero-order chi connectivity index (χ0) is 25.4. The largest absolute Gasteiger partial charge is 0.505 e. The Morgan fingerprint density at radius 1 is 1.15 bits per heavy atom. The third-order valence-electron chi connectivity index (χ3n) is 5.44. The highest BCUT2D eigenvalue weighted by molar-refractivity contribution is 6.01. The number of amides is 2. The number of benzene rings is 1. The fourth-order valence-electron chi connectivity index (χ4n) is 3.69. The van der Waals surface area contributed by atoms with Crippen molar-refractivity contribution >= 4 is 35.9 Å². The standard InChI is InChI=1S/C23H30N2O9/c1-5-6-8-16-20(34-14(4)27)13(3)33-23(31)18(12(2)32-22(16)30)25-21(29)15-9-7-10-17(19(15)28)24-11-26/h7,9-13,16,18,20,28H,5-6,8H2,1-4H3,(H,24,26)(H,25,29). The second-order valence-electron chi connectivity index (χ2n) is 8.02. The molecule has 34 heavy (non-hydrogen) atoms. The summed E-state index contributed by atoms with van der Waals surface area (Å²) >= 11 is 0. The van der Waals surface area contributed by atoms with Crippen LogP contribution in [0.25, 0.3) is 0 Å². The molecule has 1 saturated heterocycles. The smallest absolute Gasteiger partial charge is 0.332 e. The van der Waals surface area contributed by atoms with Crippen molar-refractivity contribution in [2.75, 3.05) is 5.32 Å². The molecule has 1 fully saturated rings. The SMILES string of the molecule is CCCCC1C(=O)OC(C)C(NC(=O)c2cccc(NC=O)c2O)C(=O)OC(C)C1OC(C)=O. The molecule has 1 aromatic rings. The molecule has 1 aromatic carbocycles. The van der Waals surface area contributed by atoms with E-state index in [1.54, 1.807) is 0 Å². The van der Waals surface area contributed by atoms with Crippen LogP contribution in [0.1, 0.15) is 57.3 Å². The van der Waals surface area contributed by atoms with E-state index in [0.717, 1.165) is 6.42 Å². The number of aromatic hydroxyl groups is 1. The molecule has 3 N–H and O–H groups in total. The molecule has 1 heterocycles. The highest BCUT2D eigenvalue weighted by Crippen LogP contribution is 2.28. The molecule has 2 rings (SSSR count). The van der Waals surface area contributed by atoms with Gasteiger partial charge in [-0.05, 0) is 32.4 Å². The molecule has 5 atom stereocenters. The first kappa shape index (κ1) is 26.6. The summed E-state index contributed by atoms with van der Waals surface area (Å²) in [7, 11) is 0. The summed E-state index contributed by atoms with van der Waals surface area (Å²) in [5, 5.41) is 15.0. The molecular weight excluding hydrogens is 448 g/mol. The Labute approximate surface area is 197 Å². The number of unbranched alkanes of at least 4 members (excludes halogenated alkanes) is 1. The summed E-state index contributed by atoms with van der Waals surface area (Å²) in [6.45, 7) is 6.04. The minimum Gasteiger partial charge on any atom is -0.505 e. The lowest BCUT2D eigenvalue weighted by atomic mass is 9.92. The fourth-order valence-corrected chi connectivity index (χ4v) is 3.69. The maximum Gasteiger partial charge on any atom is 0.332 e. The molecule has 0 saturated carbocycles. The minimum absolute atomic E-state index is 0.00391. The van der Waals surface area contributed by atoms with Crippen molar-refractivity contribution in [3.8, 4) is 5.75 Å². The van der Waals surface area contributed by atoms with Crippen LogP contribution in [-0.2, 0) is 33.4 Å². The number of phenols is 1. The van der Waals surface area contributed by atoms with Gasteiger partial charge in [-0.25, -0.2) is 4.79 Å². The first-order valence-corrected chi connectivity index (χ1v) is 11.0. The summed E-state index contributed by atoms with van der Waals surface area (Å²) in [6.07, 6.45) is -1.07. The van der Waals surface area contributed by atoms with Gasteiger partial charge in [-0.2, -0.15) is 0 Å². The van der Waals surface area contributed by atoms with Crippen molar-refractivity contribution < 1.29 is 43.3 Å². The van der Waals surface area contributed by atoms with Crippen molar-refractivity contribution in [3.05, 3.63) is 23.8 Å². The normalized spacial score (nSPS) is 25.0. The van der Waals surface area contributed by atoms with Gasteiger partial charge in [-0.1, -0.05) is 25.8 Å². The van der Waals surface area contributed by atoms with Crippen LogP contribution < -0.4 is 10.6 Å². The number of nitrogens with one attached hydrogen (secondary N) is 2. The number of rotatable bonds is 8. The number of carbonyl (C=O) groups is 5. The average molecular weight is 478 g/mol. The molecule has 0 spiro atoms. The van der Waals surface area contributed by atoms with E-state index >= 15 is 0 Å². The van der Waals surface area contributed by atoms with Crippen LogP contribution in [-0.4, -0.2) is 59.7 Å². The number of phenolic OH excluding ortho intramolecular Hbond substituents is 1. The van der Waals surface area contributed by atoms with Crippen LogP contribution in [0.3, 0.4) is 0 Å². The van der Waals surface area contributed by atoms with Crippen molar-refractivity contribution in [2.45, 2.75) is 71.3 Å². The van der Waals surface area contributed by atoms with E-state index in [4.69, 9.17) is 14.2 Å². The number of para-hydroxylation sites is 1. The lowest BCUT2D eigenvalue weighted by molar-refractivity contribution is -0.173. The topological polar surface area (TPSA) is 157 Å². The van der Waals surface area contributed by atoms with Crippen molar-refractivity contribution in [1.29, 1.82) is 0 Å². The highest BCUT2D eigenvalue weighted by Gasteiger charge is 2.43. The Kier molecular flexibility index (Phi) is 9.40. The first-order chi connectivity index (χ1) is 16.1. The van der Waals surface area contributed by atoms with E-state index in [-0.39, 0.29) is 11.3 Å². The third kappa shape index (κ3) is 6.46. The lowest BCUT2D eigenvalue weighted by Crippen LogP contribution is -2.50. The van der Waals surface area contributed by atoms with Crippen molar-refractivity contribution in [1.82, 2.24) is 5.32 Å². The summed E-state index contributed by atoms with van der Waals surface area (Å²) in [6, 6.07) is 2.68.